The van der Waals surface area contributed by atoms with E-state index in [0.29, 0.717) is 30.5 Å². The van der Waals surface area contributed by atoms with Gasteiger partial charge in [0.05, 0.1) is 18.7 Å². The van der Waals surface area contributed by atoms with Crippen molar-refractivity contribution in [2.75, 3.05) is 6.61 Å². The normalized spacial score (nSPS) is 15.1. The van der Waals surface area contributed by atoms with E-state index in [4.69, 9.17) is 9.94 Å². The highest BCUT2D eigenvalue weighted by Crippen LogP contribution is 2.20. The van der Waals surface area contributed by atoms with Gasteiger partial charge in [-0.15, -0.1) is 0 Å². The van der Waals surface area contributed by atoms with E-state index < -0.39 is 0 Å². The van der Waals surface area contributed by atoms with E-state index in [1.54, 1.807) is 13.0 Å². The van der Waals surface area contributed by atoms with Gasteiger partial charge in [-0.2, -0.15) is 0 Å². The Labute approximate surface area is 112 Å². The first-order valence-electron chi connectivity index (χ1n) is 6.41. The van der Waals surface area contributed by atoms with E-state index in [1.807, 2.05) is 18.2 Å². The minimum atomic E-state index is 0.0209. The third-order valence-corrected chi connectivity index (χ3v) is 2.96. The van der Waals surface area contributed by atoms with Gasteiger partial charge in [0.2, 0.25) is 5.91 Å². The molecule has 5 heteroatoms. The van der Waals surface area contributed by atoms with Crippen LogP contribution in [0.3, 0.4) is 0 Å². The molecule has 19 heavy (non-hydrogen) atoms. The predicted molar refractivity (Wildman–Crippen MR) is 71.7 cm³/mol. The molecule has 0 atom stereocenters. The van der Waals surface area contributed by atoms with Crippen LogP contribution in [-0.2, 0) is 4.79 Å². The van der Waals surface area contributed by atoms with E-state index in [2.05, 4.69) is 10.5 Å². The molecule has 1 aliphatic carbocycles. The first-order chi connectivity index (χ1) is 9.20. The number of amides is 1. The number of para-hydroxylation sites is 1. The third kappa shape index (κ3) is 3.98. The maximum atomic E-state index is 11.5. The van der Waals surface area contributed by atoms with Crippen LogP contribution >= 0.6 is 0 Å². The van der Waals surface area contributed by atoms with Crippen LogP contribution in [0.2, 0.25) is 0 Å². The van der Waals surface area contributed by atoms with Crippen molar-refractivity contribution < 1.29 is 14.7 Å². The highest BCUT2D eigenvalue weighted by Gasteiger charge is 2.22. The predicted octanol–water partition coefficient (Wildman–Crippen LogP) is 1.93. The zero-order valence-electron chi connectivity index (χ0n) is 10.9. The molecule has 0 aromatic heterocycles. The maximum Gasteiger partial charge on any atom is 0.223 e. The quantitative estimate of drug-likeness (QED) is 0.467. The number of hydrogen-bond donors (Lipinski definition) is 2. The molecule has 0 saturated heterocycles. The van der Waals surface area contributed by atoms with Crippen LogP contribution in [0.4, 0.5) is 0 Å². The smallest absolute Gasteiger partial charge is 0.223 e. The maximum absolute atomic E-state index is 11.5. The molecule has 1 amide bonds. The van der Waals surface area contributed by atoms with Crippen molar-refractivity contribution in [3.05, 3.63) is 29.8 Å². The number of hydrogen-bond acceptors (Lipinski definition) is 4. The zero-order chi connectivity index (χ0) is 13.7. The van der Waals surface area contributed by atoms with Gasteiger partial charge in [0.1, 0.15) is 5.75 Å². The van der Waals surface area contributed by atoms with E-state index in [9.17, 15) is 4.79 Å². The average Bonchev–Trinajstić information content (AvgIpc) is 3.22. The minimum Gasteiger partial charge on any atom is -0.492 e. The van der Waals surface area contributed by atoms with Crippen molar-refractivity contribution in [2.24, 2.45) is 5.16 Å². The molecule has 1 aromatic carbocycles. The Morgan fingerprint density at radius 2 is 2.21 bits per heavy atom. The summed E-state index contributed by atoms with van der Waals surface area (Å²) in [6, 6.07) is 7.67. The number of carbonyl (C=O) groups excluding carboxylic acids is 1. The summed E-state index contributed by atoms with van der Waals surface area (Å²) in [6.45, 7) is 2.01. The van der Waals surface area contributed by atoms with Gasteiger partial charge in [0, 0.05) is 11.6 Å². The number of benzene rings is 1. The summed E-state index contributed by atoms with van der Waals surface area (Å²) in [7, 11) is 0. The van der Waals surface area contributed by atoms with E-state index in [-0.39, 0.29) is 5.91 Å². The van der Waals surface area contributed by atoms with Crippen molar-refractivity contribution in [2.45, 2.75) is 32.2 Å². The summed E-state index contributed by atoms with van der Waals surface area (Å²) in [4.78, 5) is 11.5. The lowest BCUT2D eigenvalue weighted by molar-refractivity contribution is -0.121. The molecule has 5 nitrogen and oxygen atoms in total. The van der Waals surface area contributed by atoms with Crippen molar-refractivity contribution >= 4 is 11.6 Å². The van der Waals surface area contributed by atoms with Crippen LogP contribution in [0.1, 0.15) is 31.7 Å². The number of carbonyl (C=O) groups is 1. The molecule has 2 rings (SSSR count). The minimum absolute atomic E-state index is 0.0209. The van der Waals surface area contributed by atoms with Crippen LogP contribution in [0.5, 0.6) is 5.75 Å². The van der Waals surface area contributed by atoms with Gasteiger partial charge >= 0.3 is 0 Å². The number of rotatable bonds is 6. The Hall–Kier alpha value is -2.04. The summed E-state index contributed by atoms with van der Waals surface area (Å²) in [5.41, 5.74) is 1.21. The summed E-state index contributed by atoms with van der Waals surface area (Å²) < 4.78 is 5.58. The Balaban J connectivity index is 1.86. The highest BCUT2D eigenvalue weighted by molar-refractivity contribution is 6.00. The zero-order valence-corrected chi connectivity index (χ0v) is 10.9. The van der Waals surface area contributed by atoms with Crippen LogP contribution in [-0.4, -0.2) is 29.5 Å². The van der Waals surface area contributed by atoms with Gasteiger partial charge in [0.15, 0.2) is 0 Å². The molecular weight excluding hydrogens is 244 g/mol. The molecule has 1 fully saturated rings. The molecule has 0 unspecified atom stereocenters. The molecule has 1 aromatic rings. The lowest BCUT2D eigenvalue weighted by Crippen LogP contribution is -2.26. The van der Waals surface area contributed by atoms with Gasteiger partial charge in [0.25, 0.3) is 0 Å². The Morgan fingerprint density at radius 3 is 2.89 bits per heavy atom. The summed E-state index contributed by atoms with van der Waals surface area (Å²) in [5.74, 6) is 0.643. The standard InChI is InChI=1S/C14H18N2O3/c1-10(16-18)12-4-2-3-5-13(12)19-9-8-14(17)15-11-6-7-11/h2-5,11,18H,6-9H2,1H3,(H,15,17)/b16-10-. The second-order valence-corrected chi connectivity index (χ2v) is 4.62. The SMILES string of the molecule is C/C(=N/O)c1ccccc1OCCC(=O)NC1CC1. The van der Waals surface area contributed by atoms with Gasteiger partial charge < -0.3 is 15.3 Å². The lowest BCUT2D eigenvalue weighted by Gasteiger charge is -2.10. The summed E-state index contributed by atoms with van der Waals surface area (Å²) >= 11 is 0. The van der Waals surface area contributed by atoms with Crippen LogP contribution in [0.25, 0.3) is 0 Å². The van der Waals surface area contributed by atoms with Gasteiger partial charge in [-0.1, -0.05) is 17.3 Å². The second kappa shape index (κ2) is 6.22. The Morgan fingerprint density at radius 1 is 1.47 bits per heavy atom. The average molecular weight is 262 g/mol. The third-order valence-electron chi connectivity index (χ3n) is 2.96. The Kier molecular flexibility index (Phi) is 4.39. The molecule has 0 bridgehead atoms. The molecule has 0 heterocycles. The summed E-state index contributed by atoms with van der Waals surface area (Å²) in [5, 5.41) is 14.9. The van der Waals surface area contributed by atoms with Crippen molar-refractivity contribution in [3.8, 4) is 5.75 Å². The molecule has 1 saturated carbocycles. The van der Waals surface area contributed by atoms with Crippen LogP contribution in [0.15, 0.2) is 29.4 Å². The van der Waals surface area contributed by atoms with E-state index in [1.165, 1.54) is 0 Å². The molecule has 0 aliphatic heterocycles. The number of ether oxygens (including phenoxy) is 1. The van der Waals surface area contributed by atoms with Crippen molar-refractivity contribution in [1.29, 1.82) is 0 Å². The van der Waals surface area contributed by atoms with Crippen molar-refractivity contribution in [1.82, 2.24) is 5.32 Å². The molecule has 102 valence electrons. The van der Waals surface area contributed by atoms with E-state index in [0.717, 1.165) is 18.4 Å². The number of nitrogens with one attached hydrogen (secondary N) is 1. The Bertz CT molecular complexity index is 481. The second-order valence-electron chi connectivity index (χ2n) is 4.62. The molecule has 0 radical (unpaired) electrons. The topological polar surface area (TPSA) is 70.9 Å². The van der Waals surface area contributed by atoms with Crippen LogP contribution in [0, 0.1) is 0 Å². The molecule has 0 spiro atoms. The van der Waals surface area contributed by atoms with Gasteiger partial charge in [-0.25, -0.2) is 0 Å². The monoisotopic (exact) mass is 262 g/mol. The highest BCUT2D eigenvalue weighted by atomic mass is 16.5. The number of oxime groups is 1. The number of nitrogens with zero attached hydrogens (tertiary/aromatic N) is 1. The van der Waals surface area contributed by atoms with Crippen LogP contribution < -0.4 is 10.1 Å². The lowest BCUT2D eigenvalue weighted by atomic mass is 10.1. The fourth-order valence-electron chi connectivity index (χ4n) is 1.73. The van der Waals surface area contributed by atoms with Gasteiger partial charge in [-0.05, 0) is 31.9 Å². The fourth-order valence-corrected chi connectivity index (χ4v) is 1.73. The molecular formula is C14H18N2O3. The molecule has 2 N–H and O–H groups in total. The van der Waals surface area contributed by atoms with E-state index >= 15 is 0 Å². The summed E-state index contributed by atoms with van der Waals surface area (Å²) in [6.07, 6.45) is 2.50. The largest absolute Gasteiger partial charge is 0.492 e. The van der Waals surface area contributed by atoms with Gasteiger partial charge in [-0.3, -0.25) is 4.79 Å². The first-order valence-corrected chi connectivity index (χ1v) is 6.41. The first kappa shape index (κ1) is 13.4. The fraction of sp³-hybridized carbons (Fsp3) is 0.429. The molecule has 1 aliphatic rings. The van der Waals surface area contributed by atoms with Crippen molar-refractivity contribution in [3.63, 3.8) is 0 Å².